The molecule has 0 unspecified atom stereocenters. The minimum absolute atomic E-state index is 0.00260. The van der Waals surface area contributed by atoms with Gasteiger partial charge in [0.25, 0.3) is 5.56 Å². The number of halogens is 1. The number of carbonyl (C=O) groups excluding carboxylic acids is 1. The molecule has 0 spiro atoms. The molecule has 2 aliphatic rings. The van der Waals surface area contributed by atoms with Gasteiger partial charge in [-0.1, -0.05) is 18.2 Å². The number of H-pyrrole nitrogens is 1. The van der Waals surface area contributed by atoms with Crippen molar-refractivity contribution in [2.75, 3.05) is 19.3 Å². The van der Waals surface area contributed by atoms with E-state index in [0.717, 1.165) is 19.1 Å². The Kier molecular flexibility index (Phi) is 5.94. The Balaban J connectivity index is 1.60. The van der Waals surface area contributed by atoms with E-state index in [1.54, 1.807) is 23.1 Å². The fourth-order valence-electron chi connectivity index (χ4n) is 4.28. The highest BCUT2D eigenvalue weighted by Crippen LogP contribution is 2.30. The molecule has 166 valence electrons. The molecule has 1 fully saturated rings. The number of benzene rings is 1. The largest absolute Gasteiger partial charge is 0.332 e. The number of aromatic amines is 1. The predicted molar refractivity (Wildman–Crippen MR) is 112 cm³/mol. The molecule has 1 atom stereocenters. The monoisotopic (exact) mass is 448 g/mol. The molecule has 10 heteroatoms. The fourth-order valence-corrected chi connectivity index (χ4v) is 5.07. The van der Waals surface area contributed by atoms with Crippen molar-refractivity contribution in [2.45, 2.75) is 44.7 Å². The zero-order valence-electron chi connectivity index (χ0n) is 17.3. The fraction of sp³-hybridized carbons (Fsp3) is 0.476. The zero-order chi connectivity index (χ0) is 22.2. The SMILES string of the molecule is CS(=O)(=O)N1CCc2nc([C@@H]3CCCCN3C(=O)Cc3ccccc3F)[nH]c(=O)c2C1. The molecule has 1 aromatic heterocycles. The number of sulfonamides is 1. The lowest BCUT2D eigenvalue weighted by atomic mass is 9.99. The number of nitrogens with one attached hydrogen (secondary N) is 1. The van der Waals surface area contributed by atoms with Gasteiger partial charge in [-0.15, -0.1) is 0 Å². The minimum atomic E-state index is -3.40. The van der Waals surface area contributed by atoms with Crippen LogP contribution in [0.25, 0.3) is 0 Å². The second-order valence-corrected chi connectivity index (χ2v) is 10.1. The summed E-state index contributed by atoms with van der Waals surface area (Å²) in [6.45, 7) is 0.778. The van der Waals surface area contributed by atoms with E-state index in [1.807, 2.05) is 0 Å². The Labute approximate surface area is 180 Å². The third-order valence-electron chi connectivity index (χ3n) is 5.96. The van der Waals surface area contributed by atoms with Crippen LogP contribution in [0.1, 0.15) is 47.9 Å². The lowest BCUT2D eigenvalue weighted by Gasteiger charge is -2.36. The van der Waals surface area contributed by atoms with E-state index in [1.165, 1.54) is 10.4 Å². The van der Waals surface area contributed by atoms with Crippen LogP contribution in [0, 0.1) is 5.82 Å². The van der Waals surface area contributed by atoms with Crippen LogP contribution in [0.4, 0.5) is 4.39 Å². The van der Waals surface area contributed by atoms with Gasteiger partial charge in [-0.25, -0.2) is 17.8 Å². The van der Waals surface area contributed by atoms with Crippen molar-refractivity contribution >= 4 is 15.9 Å². The number of hydrogen-bond donors (Lipinski definition) is 1. The van der Waals surface area contributed by atoms with Gasteiger partial charge in [-0.2, -0.15) is 4.31 Å². The maximum Gasteiger partial charge on any atom is 0.255 e. The number of aromatic nitrogens is 2. The molecule has 3 heterocycles. The highest BCUT2D eigenvalue weighted by atomic mass is 32.2. The summed E-state index contributed by atoms with van der Waals surface area (Å²) in [5.74, 6) is -0.211. The molecule has 1 N–H and O–H groups in total. The van der Waals surface area contributed by atoms with Gasteiger partial charge in [0, 0.05) is 26.1 Å². The second kappa shape index (κ2) is 8.51. The van der Waals surface area contributed by atoms with Gasteiger partial charge in [0.1, 0.15) is 11.6 Å². The molecule has 4 rings (SSSR count). The van der Waals surface area contributed by atoms with E-state index in [9.17, 15) is 22.4 Å². The molecule has 2 aliphatic heterocycles. The first-order chi connectivity index (χ1) is 14.7. The lowest BCUT2D eigenvalue weighted by Crippen LogP contribution is -2.43. The average molecular weight is 449 g/mol. The standard InChI is InChI=1S/C21H25FN4O4S/c1-31(29,30)25-11-9-17-15(13-25)21(28)24-20(23-17)18-8-4-5-10-26(18)19(27)12-14-6-2-3-7-16(14)22/h2-3,6-7,18H,4-5,8-13H2,1H3,(H,23,24,28)/t18-/m0/s1. The molecule has 0 saturated carbocycles. The van der Waals surface area contributed by atoms with Crippen molar-refractivity contribution in [1.29, 1.82) is 0 Å². The van der Waals surface area contributed by atoms with Gasteiger partial charge < -0.3 is 9.88 Å². The van der Waals surface area contributed by atoms with Crippen molar-refractivity contribution in [3.05, 3.63) is 63.1 Å². The highest BCUT2D eigenvalue weighted by molar-refractivity contribution is 7.88. The van der Waals surface area contributed by atoms with E-state index in [4.69, 9.17) is 0 Å². The summed E-state index contributed by atoms with van der Waals surface area (Å²) in [5, 5.41) is 0. The topological polar surface area (TPSA) is 103 Å². The Morgan fingerprint density at radius 3 is 2.77 bits per heavy atom. The summed E-state index contributed by atoms with van der Waals surface area (Å²) in [5.41, 5.74) is 0.885. The number of amides is 1. The van der Waals surface area contributed by atoms with Crippen LogP contribution in [0.5, 0.6) is 0 Å². The quantitative estimate of drug-likeness (QED) is 0.764. The third-order valence-corrected chi connectivity index (χ3v) is 7.21. The third kappa shape index (κ3) is 4.54. The Hall–Kier alpha value is -2.59. The number of likely N-dealkylation sites (tertiary alicyclic amines) is 1. The van der Waals surface area contributed by atoms with Gasteiger partial charge in [0.15, 0.2) is 0 Å². The van der Waals surface area contributed by atoms with Gasteiger partial charge in [0.2, 0.25) is 15.9 Å². The van der Waals surface area contributed by atoms with Crippen molar-refractivity contribution < 1.29 is 17.6 Å². The van der Waals surface area contributed by atoms with Crippen LogP contribution in [-0.4, -0.2) is 52.8 Å². The van der Waals surface area contributed by atoms with Crippen molar-refractivity contribution in [2.24, 2.45) is 0 Å². The normalized spacial score (nSPS) is 19.8. The van der Waals surface area contributed by atoms with Crippen LogP contribution in [0.15, 0.2) is 29.1 Å². The minimum Gasteiger partial charge on any atom is -0.332 e. The zero-order valence-corrected chi connectivity index (χ0v) is 18.1. The molecule has 0 aliphatic carbocycles. The molecule has 1 aromatic carbocycles. The average Bonchev–Trinajstić information content (AvgIpc) is 2.74. The van der Waals surface area contributed by atoms with E-state index in [-0.39, 0.29) is 37.0 Å². The van der Waals surface area contributed by atoms with Crippen molar-refractivity contribution in [3.8, 4) is 0 Å². The van der Waals surface area contributed by atoms with E-state index in [2.05, 4.69) is 9.97 Å². The maximum atomic E-state index is 14.0. The first-order valence-electron chi connectivity index (χ1n) is 10.3. The predicted octanol–water partition coefficient (Wildman–Crippen LogP) is 1.52. The summed E-state index contributed by atoms with van der Waals surface area (Å²) in [6, 6.07) is 5.82. The molecule has 31 heavy (non-hydrogen) atoms. The van der Waals surface area contributed by atoms with Crippen LogP contribution in [0.2, 0.25) is 0 Å². The second-order valence-electron chi connectivity index (χ2n) is 8.09. The Morgan fingerprint density at radius 2 is 2.03 bits per heavy atom. The van der Waals surface area contributed by atoms with Gasteiger partial charge in [0.05, 0.1) is 30.0 Å². The first-order valence-corrected chi connectivity index (χ1v) is 12.2. The number of nitrogens with zero attached hydrogens (tertiary/aromatic N) is 3. The summed E-state index contributed by atoms with van der Waals surface area (Å²) in [6.07, 6.45) is 3.78. The van der Waals surface area contributed by atoms with Crippen molar-refractivity contribution in [1.82, 2.24) is 19.2 Å². The smallest absolute Gasteiger partial charge is 0.255 e. The summed E-state index contributed by atoms with van der Waals surface area (Å²) < 4.78 is 38.9. The van der Waals surface area contributed by atoms with E-state index in [0.29, 0.717) is 42.0 Å². The number of fused-ring (bicyclic) bond motifs is 1. The number of rotatable bonds is 4. The van der Waals surface area contributed by atoms with E-state index < -0.39 is 15.8 Å². The molecule has 0 radical (unpaired) electrons. The summed E-state index contributed by atoms with van der Waals surface area (Å²) in [7, 11) is -3.40. The molecular weight excluding hydrogens is 423 g/mol. The molecule has 2 aromatic rings. The van der Waals surface area contributed by atoms with E-state index >= 15 is 0 Å². The molecule has 0 bridgehead atoms. The number of hydrogen-bond acceptors (Lipinski definition) is 5. The van der Waals surface area contributed by atoms with Gasteiger partial charge in [-0.3, -0.25) is 9.59 Å². The van der Waals surface area contributed by atoms with Crippen molar-refractivity contribution in [3.63, 3.8) is 0 Å². The van der Waals surface area contributed by atoms with Crippen LogP contribution < -0.4 is 5.56 Å². The molecule has 8 nitrogen and oxygen atoms in total. The molecule has 1 amide bonds. The Bertz CT molecular complexity index is 1160. The molecule has 1 saturated heterocycles. The Morgan fingerprint density at radius 1 is 1.26 bits per heavy atom. The summed E-state index contributed by atoms with van der Waals surface area (Å²) in [4.78, 5) is 34.8. The van der Waals surface area contributed by atoms with Crippen LogP contribution in [-0.2, 0) is 34.2 Å². The van der Waals surface area contributed by atoms with Crippen LogP contribution >= 0.6 is 0 Å². The lowest BCUT2D eigenvalue weighted by molar-refractivity contribution is -0.134. The number of piperidine rings is 1. The van der Waals surface area contributed by atoms with Crippen LogP contribution in [0.3, 0.4) is 0 Å². The first kappa shape index (κ1) is 21.6. The molecular formula is C21H25FN4O4S. The van der Waals surface area contributed by atoms with Gasteiger partial charge in [-0.05, 0) is 30.9 Å². The number of carbonyl (C=O) groups is 1. The summed E-state index contributed by atoms with van der Waals surface area (Å²) >= 11 is 0. The maximum absolute atomic E-state index is 14.0. The van der Waals surface area contributed by atoms with Gasteiger partial charge >= 0.3 is 0 Å². The highest BCUT2D eigenvalue weighted by Gasteiger charge is 2.32.